The van der Waals surface area contributed by atoms with E-state index in [1.54, 1.807) is 0 Å². The average Bonchev–Trinajstić information content (AvgIpc) is 2.85. The molecule has 3 N–H and O–H groups in total. The van der Waals surface area contributed by atoms with Crippen molar-refractivity contribution in [2.45, 2.75) is 0 Å². The Morgan fingerprint density at radius 1 is 1.08 bits per heavy atom. The number of imide groups is 1. The highest BCUT2D eigenvalue weighted by Crippen LogP contribution is 2.34. The second-order valence-electron chi connectivity index (χ2n) is 5.21. The van der Waals surface area contributed by atoms with Gasteiger partial charge in [0.15, 0.2) is 0 Å². The molecular formula is C17H12N2O6. The van der Waals surface area contributed by atoms with Crippen LogP contribution < -0.4 is 10.6 Å². The van der Waals surface area contributed by atoms with Gasteiger partial charge >= 0.3 is 11.9 Å². The van der Waals surface area contributed by atoms with Gasteiger partial charge in [0.2, 0.25) is 0 Å². The van der Waals surface area contributed by atoms with Crippen LogP contribution in [0.1, 0.15) is 41.4 Å². The van der Waals surface area contributed by atoms with Crippen LogP contribution in [0.3, 0.4) is 0 Å². The van der Waals surface area contributed by atoms with Gasteiger partial charge in [0.25, 0.3) is 11.8 Å². The van der Waals surface area contributed by atoms with Gasteiger partial charge in [-0.2, -0.15) is 0 Å². The summed E-state index contributed by atoms with van der Waals surface area (Å²) in [4.78, 5) is 49.6. The number of fused-ring (bicyclic) bond motifs is 1. The lowest BCUT2D eigenvalue weighted by Crippen LogP contribution is -2.32. The highest BCUT2D eigenvalue weighted by atomic mass is 16.5. The normalized spacial score (nSPS) is 12.9. The predicted octanol–water partition coefficient (Wildman–Crippen LogP) is 1.55. The Bertz CT molecular complexity index is 950. The van der Waals surface area contributed by atoms with E-state index in [9.17, 15) is 24.3 Å². The van der Waals surface area contributed by atoms with Crippen LogP contribution in [0.5, 0.6) is 0 Å². The molecule has 1 aliphatic rings. The molecule has 0 aromatic heterocycles. The summed E-state index contributed by atoms with van der Waals surface area (Å²) in [5.41, 5.74) is 5.07. The highest BCUT2D eigenvalue weighted by molar-refractivity contribution is 6.37. The number of carbonyl (C=O) groups is 4. The van der Waals surface area contributed by atoms with Gasteiger partial charge < -0.3 is 15.6 Å². The van der Waals surface area contributed by atoms with E-state index in [1.165, 1.54) is 36.4 Å². The second kappa shape index (κ2) is 5.75. The van der Waals surface area contributed by atoms with Gasteiger partial charge in [-0.15, -0.1) is 0 Å². The summed E-state index contributed by atoms with van der Waals surface area (Å²) in [6, 6.07) is 8.25. The molecule has 1 aliphatic heterocycles. The number of nitrogens with zero attached hydrogens (tertiary/aromatic N) is 1. The third-order valence-corrected chi connectivity index (χ3v) is 3.85. The first-order valence-electron chi connectivity index (χ1n) is 7.10. The Morgan fingerprint density at radius 3 is 2.36 bits per heavy atom. The minimum Gasteiger partial charge on any atom is -0.478 e. The minimum atomic E-state index is -1.39. The van der Waals surface area contributed by atoms with Crippen molar-refractivity contribution < 1.29 is 29.0 Å². The van der Waals surface area contributed by atoms with Crippen LogP contribution in [0.4, 0.5) is 11.4 Å². The molecular weight excluding hydrogens is 328 g/mol. The number of amides is 2. The Kier molecular flexibility index (Phi) is 3.72. The first kappa shape index (κ1) is 16.2. The van der Waals surface area contributed by atoms with Crippen LogP contribution in [0.15, 0.2) is 36.4 Å². The van der Waals surface area contributed by atoms with E-state index in [1.807, 2.05) is 0 Å². The zero-order valence-corrected chi connectivity index (χ0v) is 13.0. The number of carboxylic acid groups (broad SMARTS) is 1. The zero-order chi connectivity index (χ0) is 18.3. The average molecular weight is 340 g/mol. The Balaban J connectivity index is 2.25. The molecule has 8 nitrogen and oxygen atoms in total. The third kappa shape index (κ3) is 2.31. The van der Waals surface area contributed by atoms with Gasteiger partial charge in [0.1, 0.15) is 0 Å². The molecule has 0 saturated heterocycles. The Morgan fingerprint density at radius 2 is 1.76 bits per heavy atom. The standard InChI is InChI=1S/C17H12N2O6/c1-25-17(24)13-9(16(22)23)5-3-7-11(13)19-14(20)8-4-2-6-10(18)12(8)15(19)21/h2-7H,18H2,1H3,(H,22,23). The van der Waals surface area contributed by atoms with Crippen LogP contribution in [0.25, 0.3) is 0 Å². The lowest BCUT2D eigenvalue weighted by atomic mass is 10.0. The van der Waals surface area contributed by atoms with Gasteiger partial charge in [-0.25, -0.2) is 14.5 Å². The third-order valence-electron chi connectivity index (χ3n) is 3.85. The molecule has 0 bridgehead atoms. The molecule has 8 heteroatoms. The fraction of sp³-hybridized carbons (Fsp3) is 0.0588. The summed E-state index contributed by atoms with van der Waals surface area (Å²) in [6.45, 7) is 0. The molecule has 0 radical (unpaired) electrons. The van der Waals surface area contributed by atoms with E-state index in [-0.39, 0.29) is 33.6 Å². The summed E-state index contributed by atoms with van der Waals surface area (Å²) < 4.78 is 4.62. The van der Waals surface area contributed by atoms with Gasteiger partial charge in [-0.3, -0.25) is 9.59 Å². The molecule has 2 aromatic carbocycles. The summed E-state index contributed by atoms with van der Waals surface area (Å²) in [5.74, 6) is -3.79. The first-order valence-corrected chi connectivity index (χ1v) is 7.10. The molecule has 2 aromatic rings. The number of rotatable bonds is 3. The number of hydrogen-bond acceptors (Lipinski definition) is 6. The number of carboxylic acids is 1. The maximum Gasteiger partial charge on any atom is 0.340 e. The topological polar surface area (TPSA) is 127 Å². The fourth-order valence-electron chi connectivity index (χ4n) is 2.75. The number of benzene rings is 2. The summed E-state index contributed by atoms with van der Waals surface area (Å²) in [5, 5.41) is 9.31. The van der Waals surface area contributed by atoms with Crippen molar-refractivity contribution in [1.29, 1.82) is 0 Å². The van der Waals surface area contributed by atoms with Gasteiger partial charge in [0, 0.05) is 5.69 Å². The number of hydrogen-bond donors (Lipinski definition) is 2. The predicted molar refractivity (Wildman–Crippen MR) is 86.7 cm³/mol. The molecule has 25 heavy (non-hydrogen) atoms. The summed E-state index contributed by atoms with van der Waals surface area (Å²) >= 11 is 0. The molecule has 126 valence electrons. The van der Waals surface area contributed by atoms with Crippen molar-refractivity contribution in [3.63, 3.8) is 0 Å². The molecule has 0 atom stereocenters. The lowest BCUT2D eigenvalue weighted by Gasteiger charge is -2.18. The second-order valence-corrected chi connectivity index (χ2v) is 5.21. The smallest absolute Gasteiger partial charge is 0.340 e. The summed E-state index contributed by atoms with van der Waals surface area (Å²) in [7, 11) is 1.07. The molecule has 2 amide bonds. The van der Waals surface area contributed by atoms with E-state index >= 15 is 0 Å². The minimum absolute atomic E-state index is 0.0176. The number of methoxy groups -OCH3 is 1. The fourth-order valence-corrected chi connectivity index (χ4v) is 2.75. The molecule has 0 saturated carbocycles. The van der Waals surface area contributed by atoms with Crippen molar-refractivity contribution in [3.8, 4) is 0 Å². The highest BCUT2D eigenvalue weighted by Gasteiger charge is 2.40. The van der Waals surface area contributed by atoms with Crippen molar-refractivity contribution in [2.24, 2.45) is 0 Å². The van der Waals surface area contributed by atoms with E-state index in [0.29, 0.717) is 0 Å². The number of carbonyl (C=O) groups excluding carboxylic acids is 3. The SMILES string of the molecule is COC(=O)c1c(C(=O)O)cccc1N1C(=O)c2cccc(N)c2C1=O. The van der Waals surface area contributed by atoms with Crippen LogP contribution in [-0.4, -0.2) is 36.0 Å². The van der Waals surface area contributed by atoms with Crippen LogP contribution in [0, 0.1) is 0 Å². The zero-order valence-electron chi connectivity index (χ0n) is 13.0. The molecule has 0 aliphatic carbocycles. The first-order chi connectivity index (χ1) is 11.9. The number of esters is 1. The molecule has 0 fully saturated rings. The van der Waals surface area contributed by atoms with E-state index < -0.39 is 23.8 Å². The monoisotopic (exact) mass is 340 g/mol. The Labute approximate surface area is 141 Å². The lowest BCUT2D eigenvalue weighted by molar-refractivity contribution is 0.0583. The molecule has 0 unspecified atom stereocenters. The number of aromatic carboxylic acids is 1. The van der Waals surface area contributed by atoms with Gasteiger partial charge in [0.05, 0.1) is 35.1 Å². The van der Waals surface area contributed by atoms with Crippen LogP contribution in [0.2, 0.25) is 0 Å². The maximum absolute atomic E-state index is 12.7. The number of ether oxygens (including phenoxy) is 1. The Hall–Kier alpha value is -3.68. The van der Waals surface area contributed by atoms with Crippen molar-refractivity contribution in [3.05, 3.63) is 58.7 Å². The van der Waals surface area contributed by atoms with Gasteiger partial charge in [-0.1, -0.05) is 12.1 Å². The van der Waals surface area contributed by atoms with E-state index in [0.717, 1.165) is 12.0 Å². The number of anilines is 2. The maximum atomic E-state index is 12.7. The number of nitrogen functional groups attached to an aromatic ring is 1. The van der Waals surface area contributed by atoms with E-state index in [4.69, 9.17) is 5.73 Å². The van der Waals surface area contributed by atoms with Crippen molar-refractivity contribution in [2.75, 3.05) is 17.7 Å². The quantitative estimate of drug-likeness (QED) is 0.493. The molecule has 3 rings (SSSR count). The molecule has 0 spiro atoms. The van der Waals surface area contributed by atoms with E-state index in [2.05, 4.69) is 4.74 Å². The number of nitrogens with two attached hydrogens (primary N) is 1. The van der Waals surface area contributed by atoms with Crippen LogP contribution in [-0.2, 0) is 4.74 Å². The van der Waals surface area contributed by atoms with Crippen molar-refractivity contribution >= 4 is 35.1 Å². The van der Waals surface area contributed by atoms with Crippen LogP contribution >= 0.6 is 0 Å². The summed E-state index contributed by atoms with van der Waals surface area (Å²) in [6.07, 6.45) is 0. The van der Waals surface area contributed by atoms with Gasteiger partial charge in [-0.05, 0) is 24.3 Å². The van der Waals surface area contributed by atoms with Crippen molar-refractivity contribution in [1.82, 2.24) is 0 Å². The molecule has 1 heterocycles. The largest absolute Gasteiger partial charge is 0.478 e.